The first-order chi connectivity index (χ1) is 14.1. The van der Waals surface area contributed by atoms with E-state index in [1.54, 1.807) is 0 Å². The molecule has 0 radical (unpaired) electrons. The van der Waals surface area contributed by atoms with E-state index in [1.807, 2.05) is 25.5 Å². The van der Waals surface area contributed by atoms with Gasteiger partial charge in [0.15, 0.2) is 15.8 Å². The van der Waals surface area contributed by atoms with E-state index >= 15 is 0 Å². The fraction of sp³-hybridized carbons (Fsp3) is 0.524. The Hall–Kier alpha value is -1.69. The molecule has 31 heavy (non-hydrogen) atoms. The molecule has 2 rings (SSSR count). The molecule has 0 fully saturated rings. The zero-order valence-corrected chi connectivity index (χ0v) is 21.9. The summed E-state index contributed by atoms with van der Waals surface area (Å²) in [6.07, 6.45) is 1.17. The summed E-state index contributed by atoms with van der Waals surface area (Å²) >= 11 is 0. The minimum Gasteiger partial charge on any atom is -0.357 e. The van der Waals surface area contributed by atoms with Gasteiger partial charge in [0.05, 0.1) is 18.0 Å². The summed E-state index contributed by atoms with van der Waals surface area (Å²) < 4.78 is 39.0. The number of aryl methyl sites for hydroxylation is 2. The predicted octanol–water partition coefficient (Wildman–Crippen LogP) is 3.19. The molecule has 2 N–H and O–H groups in total. The summed E-state index contributed by atoms with van der Waals surface area (Å²) in [5, 5.41) is 11.0. The van der Waals surface area contributed by atoms with Crippen LogP contribution in [0.25, 0.3) is 0 Å². The Kier molecular flexibility index (Phi) is 10.9. The van der Waals surface area contributed by atoms with Gasteiger partial charge in [-0.15, -0.1) is 24.0 Å². The van der Waals surface area contributed by atoms with Crippen molar-refractivity contribution in [1.29, 1.82) is 0 Å². The third-order valence-corrected chi connectivity index (χ3v) is 5.38. The van der Waals surface area contributed by atoms with Crippen LogP contribution in [0.4, 0.5) is 4.39 Å². The summed E-state index contributed by atoms with van der Waals surface area (Å²) in [4.78, 5) is 4.53. The summed E-state index contributed by atoms with van der Waals surface area (Å²) in [5.41, 5.74) is 3.26. The van der Waals surface area contributed by atoms with Gasteiger partial charge in [-0.1, -0.05) is 13.0 Å². The van der Waals surface area contributed by atoms with Crippen LogP contribution in [0.3, 0.4) is 0 Å². The van der Waals surface area contributed by atoms with Gasteiger partial charge in [-0.05, 0) is 56.0 Å². The number of benzene rings is 1. The van der Waals surface area contributed by atoms with E-state index in [2.05, 4.69) is 33.7 Å². The van der Waals surface area contributed by atoms with Crippen LogP contribution in [-0.2, 0) is 28.7 Å². The number of guanidine groups is 1. The quantitative estimate of drug-likeness (QED) is 0.277. The van der Waals surface area contributed by atoms with Gasteiger partial charge in [-0.3, -0.25) is 4.68 Å². The highest BCUT2D eigenvalue weighted by atomic mass is 127. The second kappa shape index (κ2) is 12.4. The average Bonchev–Trinajstić information content (AvgIpc) is 2.95. The molecule has 1 unspecified atom stereocenters. The van der Waals surface area contributed by atoms with Gasteiger partial charge in [0.2, 0.25) is 0 Å². The van der Waals surface area contributed by atoms with Crippen molar-refractivity contribution in [3.8, 4) is 0 Å². The van der Waals surface area contributed by atoms with Crippen molar-refractivity contribution >= 4 is 39.8 Å². The van der Waals surface area contributed by atoms with Crippen LogP contribution in [0.15, 0.2) is 29.3 Å². The second-order valence-electron chi connectivity index (χ2n) is 7.77. The van der Waals surface area contributed by atoms with Crippen LogP contribution < -0.4 is 10.6 Å². The maximum absolute atomic E-state index is 13.7. The number of aliphatic imine (C=N–C) groups is 1. The van der Waals surface area contributed by atoms with Crippen molar-refractivity contribution in [1.82, 2.24) is 20.4 Å². The molecule has 0 aliphatic rings. The number of rotatable bonds is 9. The molecule has 1 heterocycles. The molecule has 0 aliphatic heterocycles. The molecule has 10 heteroatoms. The summed E-state index contributed by atoms with van der Waals surface area (Å²) in [7, 11) is -3.22. The van der Waals surface area contributed by atoms with Crippen molar-refractivity contribution in [2.24, 2.45) is 10.9 Å². The lowest BCUT2D eigenvalue weighted by Gasteiger charge is -2.17. The van der Waals surface area contributed by atoms with E-state index in [0.29, 0.717) is 36.1 Å². The van der Waals surface area contributed by atoms with Crippen LogP contribution in [-0.4, -0.2) is 43.5 Å². The lowest BCUT2D eigenvalue weighted by Crippen LogP contribution is -2.40. The molecule has 1 atom stereocenters. The number of halogens is 2. The van der Waals surface area contributed by atoms with Gasteiger partial charge in [0, 0.05) is 31.6 Å². The van der Waals surface area contributed by atoms with Gasteiger partial charge < -0.3 is 10.6 Å². The molecule has 174 valence electrons. The van der Waals surface area contributed by atoms with Gasteiger partial charge in [0.25, 0.3) is 0 Å². The topological polar surface area (TPSA) is 88.4 Å². The summed E-state index contributed by atoms with van der Waals surface area (Å²) in [6, 6.07) is 6.19. The lowest BCUT2D eigenvalue weighted by molar-refractivity contribution is 0.436. The Morgan fingerprint density at radius 2 is 1.94 bits per heavy atom. The molecule has 0 aliphatic carbocycles. The monoisotopic (exact) mass is 565 g/mol. The van der Waals surface area contributed by atoms with Gasteiger partial charge >= 0.3 is 0 Å². The maximum Gasteiger partial charge on any atom is 0.191 e. The van der Waals surface area contributed by atoms with Crippen molar-refractivity contribution in [3.63, 3.8) is 0 Å². The predicted molar refractivity (Wildman–Crippen MR) is 134 cm³/mol. The second-order valence-corrected chi connectivity index (χ2v) is 9.91. The first-order valence-electron chi connectivity index (χ1n) is 10.1. The Labute approximate surface area is 201 Å². The Morgan fingerprint density at radius 1 is 1.23 bits per heavy atom. The normalized spacial score (nSPS) is 12.9. The largest absolute Gasteiger partial charge is 0.357 e. The third-order valence-electron chi connectivity index (χ3n) is 4.54. The highest BCUT2D eigenvalue weighted by Gasteiger charge is 2.12. The molecule has 0 saturated carbocycles. The molecule has 7 nitrogen and oxygen atoms in total. The zero-order valence-electron chi connectivity index (χ0n) is 18.8. The number of aromatic nitrogens is 2. The van der Waals surface area contributed by atoms with E-state index in [-0.39, 0.29) is 36.3 Å². The van der Waals surface area contributed by atoms with Gasteiger partial charge in [-0.2, -0.15) is 5.10 Å². The van der Waals surface area contributed by atoms with E-state index in [9.17, 15) is 12.8 Å². The van der Waals surface area contributed by atoms with Crippen LogP contribution in [0.5, 0.6) is 0 Å². The number of hydrogen-bond donors (Lipinski definition) is 2. The van der Waals surface area contributed by atoms with E-state index in [1.165, 1.54) is 24.5 Å². The highest BCUT2D eigenvalue weighted by molar-refractivity contribution is 14.0. The summed E-state index contributed by atoms with van der Waals surface area (Å²) in [5.74, 6) is 0.366. The van der Waals surface area contributed by atoms with Crippen LogP contribution in [0.1, 0.15) is 36.4 Å². The van der Waals surface area contributed by atoms with E-state index in [4.69, 9.17) is 0 Å². The molecular formula is C21H33FIN5O2S. The lowest BCUT2D eigenvalue weighted by atomic mass is 10.1. The number of hydrogen-bond acceptors (Lipinski definition) is 4. The average molecular weight is 565 g/mol. The fourth-order valence-corrected chi connectivity index (χ4v) is 4.01. The number of nitrogens with zero attached hydrogens (tertiary/aromatic N) is 3. The first kappa shape index (κ1) is 27.3. The minimum atomic E-state index is -3.22. The molecule has 0 amide bonds. The van der Waals surface area contributed by atoms with Gasteiger partial charge in [-0.25, -0.2) is 17.8 Å². The zero-order chi connectivity index (χ0) is 22.3. The Bertz CT molecular complexity index is 992. The SMILES string of the molecule is CCNC(=NCc1cc(F)ccc1CS(C)(=O)=O)NCC(C)Cn1nc(C)cc1C.I. The summed E-state index contributed by atoms with van der Waals surface area (Å²) in [6.45, 7) is 10.4. The Balaban J connectivity index is 0.00000480. The molecule has 2 aromatic rings. The van der Waals surface area contributed by atoms with Crippen LogP contribution in [0.2, 0.25) is 0 Å². The van der Waals surface area contributed by atoms with Gasteiger partial charge in [0.1, 0.15) is 5.82 Å². The molecule has 0 bridgehead atoms. The maximum atomic E-state index is 13.7. The van der Waals surface area contributed by atoms with Crippen LogP contribution in [0, 0.1) is 25.6 Å². The van der Waals surface area contributed by atoms with Crippen molar-refractivity contribution in [2.45, 2.75) is 46.5 Å². The van der Waals surface area contributed by atoms with E-state index < -0.39 is 15.7 Å². The number of sulfone groups is 1. The molecule has 1 aromatic heterocycles. The molecule has 0 saturated heterocycles. The standard InChI is InChI=1S/C21H32FN5O2S.HI/c1-6-23-21(24-11-15(2)13-27-17(4)9-16(3)26-27)25-12-19-10-20(22)8-7-18(19)14-30(5,28)29;/h7-10,15H,6,11-14H2,1-5H3,(H2,23,24,25);1H. The van der Waals surface area contributed by atoms with Crippen molar-refractivity contribution < 1.29 is 12.8 Å². The Morgan fingerprint density at radius 3 is 2.52 bits per heavy atom. The molecular weight excluding hydrogens is 532 g/mol. The molecule has 0 spiro atoms. The highest BCUT2D eigenvalue weighted by Crippen LogP contribution is 2.15. The molecule has 1 aromatic carbocycles. The number of nitrogens with one attached hydrogen (secondary N) is 2. The third kappa shape index (κ3) is 9.55. The smallest absolute Gasteiger partial charge is 0.191 e. The minimum absolute atomic E-state index is 0. The fourth-order valence-electron chi connectivity index (χ4n) is 3.16. The van der Waals surface area contributed by atoms with Crippen molar-refractivity contribution in [2.75, 3.05) is 19.3 Å². The van der Waals surface area contributed by atoms with Crippen molar-refractivity contribution in [3.05, 3.63) is 52.6 Å². The first-order valence-corrected chi connectivity index (χ1v) is 12.1. The van der Waals surface area contributed by atoms with E-state index in [0.717, 1.165) is 17.9 Å². The van der Waals surface area contributed by atoms with Crippen LogP contribution >= 0.6 is 24.0 Å².